The molecule has 0 radical (unpaired) electrons. The van der Waals surface area contributed by atoms with Crippen molar-refractivity contribution in [2.45, 2.75) is 6.92 Å². The summed E-state index contributed by atoms with van der Waals surface area (Å²) in [5.74, 6) is -0.293. The number of amides is 1. The fraction of sp³-hybridized carbons (Fsp3) is 0.0909. The van der Waals surface area contributed by atoms with Gasteiger partial charge in [-0.1, -0.05) is 0 Å². The van der Waals surface area contributed by atoms with E-state index in [2.05, 4.69) is 20.3 Å². The first-order valence-corrected chi connectivity index (χ1v) is 4.97. The molecule has 2 heterocycles. The largest absolute Gasteiger partial charge is 0.382 e. The molecular weight excluding hydrogens is 218 g/mol. The number of nitrogens with two attached hydrogens (primary N) is 1. The van der Waals surface area contributed by atoms with Crippen LogP contribution < -0.4 is 11.1 Å². The fourth-order valence-corrected chi connectivity index (χ4v) is 1.30. The van der Waals surface area contributed by atoms with Gasteiger partial charge < -0.3 is 11.1 Å². The third kappa shape index (κ3) is 2.36. The molecule has 2 rings (SSSR count). The lowest BCUT2D eigenvalue weighted by molar-refractivity contribution is 0.102. The lowest BCUT2D eigenvalue weighted by atomic mass is 10.2. The molecule has 0 fully saturated rings. The zero-order valence-electron chi connectivity index (χ0n) is 9.21. The Bertz CT molecular complexity index is 555. The van der Waals surface area contributed by atoms with Gasteiger partial charge in [0.15, 0.2) is 11.5 Å². The molecule has 0 atom stereocenters. The predicted molar refractivity (Wildman–Crippen MR) is 63.4 cm³/mol. The second-order valence-corrected chi connectivity index (χ2v) is 3.43. The van der Waals surface area contributed by atoms with E-state index >= 15 is 0 Å². The highest BCUT2D eigenvalue weighted by molar-refractivity contribution is 6.05. The highest BCUT2D eigenvalue weighted by atomic mass is 16.1. The minimum absolute atomic E-state index is 0.103. The van der Waals surface area contributed by atoms with Crippen LogP contribution in [0.5, 0.6) is 0 Å². The molecule has 1 amide bonds. The molecule has 0 aliphatic rings. The van der Waals surface area contributed by atoms with Crippen LogP contribution >= 0.6 is 0 Å². The molecule has 0 bridgehead atoms. The number of carbonyl (C=O) groups excluding carboxylic acids is 1. The number of anilines is 2. The zero-order valence-corrected chi connectivity index (χ0v) is 9.21. The van der Waals surface area contributed by atoms with E-state index in [0.29, 0.717) is 5.69 Å². The molecule has 6 nitrogen and oxygen atoms in total. The van der Waals surface area contributed by atoms with Crippen molar-refractivity contribution in [2.75, 3.05) is 11.1 Å². The Morgan fingerprint density at radius 2 is 2.06 bits per heavy atom. The molecule has 0 aromatic carbocycles. The summed E-state index contributed by atoms with van der Waals surface area (Å²) in [5, 5.41) is 2.68. The maximum atomic E-state index is 11.9. The fourth-order valence-electron chi connectivity index (χ4n) is 1.30. The van der Waals surface area contributed by atoms with Crippen LogP contribution in [0, 0.1) is 6.92 Å². The second kappa shape index (κ2) is 4.56. The first kappa shape index (κ1) is 11.0. The standard InChI is InChI=1S/C11H11N5O/c1-7-2-3-13-6-8(7)16-11(17)9-10(12)15-5-4-14-9/h2-6H,1H3,(H2,12,15)(H,16,17). The van der Waals surface area contributed by atoms with Crippen molar-refractivity contribution in [3.63, 3.8) is 0 Å². The van der Waals surface area contributed by atoms with Crippen LogP contribution in [0.25, 0.3) is 0 Å². The van der Waals surface area contributed by atoms with E-state index < -0.39 is 5.91 Å². The molecule has 0 spiro atoms. The molecular formula is C11H11N5O. The van der Waals surface area contributed by atoms with E-state index in [9.17, 15) is 4.79 Å². The van der Waals surface area contributed by atoms with Crippen molar-refractivity contribution in [3.8, 4) is 0 Å². The summed E-state index contributed by atoms with van der Waals surface area (Å²) in [6, 6.07) is 1.80. The van der Waals surface area contributed by atoms with Gasteiger partial charge in [0, 0.05) is 18.6 Å². The van der Waals surface area contributed by atoms with Gasteiger partial charge in [-0.2, -0.15) is 0 Å². The van der Waals surface area contributed by atoms with Crippen LogP contribution in [0.4, 0.5) is 11.5 Å². The normalized spacial score (nSPS) is 9.94. The first-order chi connectivity index (χ1) is 8.18. The molecule has 0 unspecified atom stereocenters. The number of rotatable bonds is 2. The Kier molecular flexibility index (Phi) is 2.95. The van der Waals surface area contributed by atoms with Crippen molar-refractivity contribution in [1.82, 2.24) is 15.0 Å². The van der Waals surface area contributed by atoms with Crippen molar-refractivity contribution < 1.29 is 4.79 Å². The third-order valence-electron chi connectivity index (χ3n) is 2.23. The lowest BCUT2D eigenvalue weighted by Gasteiger charge is -2.07. The maximum Gasteiger partial charge on any atom is 0.278 e. The molecule has 3 N–H and O–H groups in total. The van der Waals surface area contributed by atoms with Gasteiger partial charge >= 0.3 is 0 Å². The Morgan fingerprint density at radius 1 is 1.29 bits per heavy atom. The van der Waals surface area contributed by atoms with Gasteiger partial charge in [-0.3, -0.25) is 9.78 Å². The van der Waals surface area contributed by atoms with E-state index in [1.807, 2.05) is 6.92 Å². The Balaban J connectivity index is 2.24. The molecule has 17 heavy (non-hydrogen) atoms. The topological polar surface area (TPSA) is 93.8 Å². The van der Waals surface area contributed by atoms with Crippen molar-refractivity contribution in [1.29, 1.82) is 0 Å². The highest BCUT2D eigenvalue weighted by Gasteiger charge is 2.12. The van der Waals surface area contributed by atoms with Crippen molar-refractivity contribution >= 4 is 17.4 Å². The van der Waals surface area contributed by atoms with Crippen LogP contribution in [0.3, 0.4) is 0 Å². The van der Waals surface area contributed by atoms with Gasteiger partial charge in [0.2, 0.25) is 0 Å². The number of hydrogen-bond acceptors (Lipinski definition) is 5. The summed E-state index contributed by atoms with van der Waals surface area (Å²) >= 11 is 0. The van der Waals surface area contributed by atoms with Gasteiger partial charge in [0.1, 0.15) is 0 Å². The van der Waals surface area contributed by atoms with Gasteiger partial charge in [-0.25, -0.2) is 9.97 Å². The van der Waals surface area contributed by atoms with Crippen LogP contribution in [0.15, 0.2) is 30.9 Å². The Morgan fingerprint density at radius 3 is 2.76 bits per heavy atom. The monoisotopic (exact) mass is 229 g/mol. The SMILES string of the molecule is Cc1ccncc1NC(=O)c1nccnc1N. The zero-order chi connectivity index (χ0) is 12.3. The summed E-state index contributed by atoms with van der Waals surface area (Å²) < 4.78 is 0. The number of hydrogen-bond donors (Lipinski definition) is 2. The third-order valence-corrected chi connectivity index (χ3v) is 2.23. The number of nitrogen functional groups attached to an aromatic ring is 1. The maximum absolute atomic E-state index is 11.9. The molecule has 2 aromatic heterocycles. The summed E-state index contributed by atoms with van der Waals surface area (Å²) in [4.78, 5) is 23.5. The molecule has 6 heteroatoms. The van der Waals surface area contributed by atoms with Crippen LogP contribution in [0.2, 0.25) is 0 Å². The predicted octanol–water partition coefficient (Wildman–Crippen LogP) is 1.01. The number of aryl methyl sites for hydroxylation is 1. The van der Waals surface area contributed by atoms with Gasteiger partial charge in [0.25, 0.3) is 5.91 Å². The highest BCUT2D eigenvalue weighted by Crippen LogP contribution is 2.13. The summed E-state index contributed by atoms with van der Waals surface area (Å²) in [6.07, 6.45) is 6.07. The van der Waals surface area contributed by atoms with Crippen molar-refractivity contribution in [3.05, 3.63) is 42.1 Å². The molecule has 0 saturated heterocycles. The second-order valence-electron chi connectivity index (χ2n) is 3.43. The summed E-state index contributed by atoms with van der Waals surface area (Å²) in [6.45, 7) is 1.87. The summed E-state index contributed by atoms with van der Waals surface area (Å²) in [7, 11) is 0. The Hall–Kier alpha value is -2.50. The van der Waals surface area contributed by atoms with Crippen LogP contribution in [-0.4, -0.2) is 20.9 Å². The van der Waals surface area contributed by atoms with Gasteiger partial charge in [0.05, 0.1) is 11.9 Å². The van der Waals surface area contributed by atoms with E-state index in [-0.39, 0.29) is 11.5 Å². The number of nitrogens with zero attached hydrogens (tertiary/aromatic N) is 3. The van der Waals surface area contributed by atoms with E-state index in [0.717, 1.165) is 5.56 Å². The van der Waals surface area contributed by atoms with E-state index in [4.69, 9.17) is 5.73 Å². The van der Waals surface area contributed by atoms with Gasteiger partial charge in [-0.15, -0.1) is 0 Å². The molecule has 2 aromatic rings. The van der Waals surface area contributed by atoms with Crippen LogP contribution in [-0.2, 0) is 0 Å². The van der Waals surface area contributed by atoms with E-state index in [1.165, 1.54) is 12.4 Å². The Labute approximate surface area is 97.9 Å². The molecule has 86 valence electrons. The number of aromatic nitrogens is 3. The van der Waals surface area contributed by atoms with Crippen molar-refractivity contribution in [2.24, 2.45) is 0 Å². The van der Waals surface area contributed by atoms with Crippen LogP contribution in [0.1, 0.15) is 16.1 Å². The quantitative estimate of drug-likeness (QED) is 0.801. The van der Waals surface area contributed by atoms with Gasteiger partial charge in [-0.05, 0) is 18.6 Å². The molecule has 0 aliphatic carbocycles. The summed E-state index contributed by atoms with van der Waals surface area (Å²) in [5.41, 5.74) is 7.21. The number of carbonyl (C=O) groups is 1. The number of nitrogens with one attached hydrogen (secondary N) is 1. The first-order valence-electron chi connectivity index (χ1n) is 4.97. The van der Waals surface area contributed by atoms with E-state index in [1.54, 1.807) is 18.5 Å². The minimum atomic E-state index is -0.397. The average molecular weight is 229 g/mol. The minimum Gasteiger partial charge on any atom is -0.382 e. The molecule has 0 saturated carbocycles. The molecule has 0 aliphatic heterocycles. The smallest absolute Gasteiger partial charge is 0.278 e. The lowest BCUT2D eigenvalue weighted by Crippen LogP contribution is -2.17. The average Bonchev–Trinajstić information content (AvgIpc) is 2.32. The number of pyridine rings is 1.